The van der Waals surface area contributed by atoms with Crippen LogP contribution in [0.15, 0.2) is 64.1 Å². The van der Waals surface area contributed by atoms with E-state index < -0.39 is 15.1 Å². The lowest BCUT2D eigenvalue weighted by Gasteiger charge is -2.16. The first-order valence-electron chi connectivity index (χ1n) is 11.3. The van der Waals surface area contributed by atoms with Crippen molar-refractivity contribution in [3.8, 4) is 17.2 Å². The molecule has 0 radical (unpaired) electrons. The minimum atomic E-state index is -3.55. The van der Waals surface area contributed by atoms with Crippen LogP contribution in [-0.4, -0.2) is 50.5 Å². The van der Waals surface area contributed by atoms with Crippen LogP contribution < -0.4 is 15.4 Å². The Morgan fingerprint density at radius 1 is 1.00 bits per heavy atom. The van der Waals surface area contributed by atoms with Crippen molar-refractivity contribution in [2.24, 2.45) is 0 Å². The first-order chi connectivity index (χ1) is 17.8. The zero-order valence-corrected chi connectivity index (χ0v) is 21.3. The Hall–Kier alpha value is -4.52. The minimum Gasteiger partial charge on any atom is -0.495 e. The summed E-state index contributed by atoms with van der Waals surface area (Å²) in [4.78, 5) is 13.5. The molecule has 2 aromatic carbocycles. The van der Waals surface area contributed by atoms with E-state index in [9.17, 15) is 8.42 Å². The van der Waals surface area contributed by atoms with Gasteiger partial charge in [0, 0.05) is 11.6 Å². The number of methoxy groups -OCH3 is 1. The van der Waals surface area contributed by atoms with Crippen molar-refractivity contribution < 1.29 is 17.7 Å². The average molecular weight is 521 g/mol. The molecule has 0 saturated carbocycles. The fraction of sp³-hybridized carbons (Fsp3) is 0.208. The molecule has 0 bridgehead atoms. The molecule has 0 aliphatic carbocycles. The van der Waals surface area contributed by atoms with Crippen molar-refractivity contribution in [1.29, 1.82) is 0 Å². The number of fused-ring (bicyclic) bond motifs is 1. The summed E-state index contributed by atoms with van der Waals surface area (Å²) in [6.45, 7) is 5.02. The third kappa shape index (κ3) is 4.68. The summed E-state index contributed by atoms with van der Waals surface area (Å²) < 4.78 is 38.2. The molecule has 0 unspecified atom stereocenters. The highest BCUT2D eigenvalue weighted by Crippen LogP contribution is 2.32. The second kappa shape index (κ2) is 9.50. The van der Waals surface area contributed by atoms with Crippen molar-refractivity contribution in [1.82, 2.24) is 29.7 Å². The lowest BCUT2D eigenvalue weighted by Crippen LogP contribution is -2.16. The molecule has 0 atom stereocenters. The zero-order valence-electron chi connectivity index (χ0n) is 20.5. The molecule has 0 fully saturated rings. The predicted molar refractivity (Wildman–Crippen MR) is 137 cm³/mol. The summed E-state index contributed by atoms with van der Waals surface area (Å²) in [5.74, 6) is 1.93. The average Bonchev–Trinajstić information content (AvgIpc) is 3.53. The summed E-state index contributed by atoms with van der Waals surface area (Å²) >= 11 is 0. The molecule has 0 aliphatic heterocycles. The summed E-state index contributed by atoms with van der Waals surface area (Å²) in [7, 11) is -2.00. The standard InChI is InChI=1S/C24H24N8O4S/c1-14(2)37(33,34)20-8-6-5-7-17(20)28-24-30-23(29-21-11-12-25-32(21)24)27-18-13-16(9-10-19(18)35-4)22-26-15(3)31-36-22/h5-14H,1-4H3,(H2,27,28,29,30). The number of benzene rings is 2. The second-order valence-corrected chi connectivity index (χ2v) is 10.8. The number of hydrogen-bond donors (Lipinski definition) is 2. The molecule has 37 heavy (non-hydrogen) atoms. The van der Waals surface area contributed by atoms with Gasteiger partial charge in [-0.2, -0.15) is 24.6 Å². The van der Waals surface area contributed by atoms with Crippen molar-refractivity contribution in [2.45, 2.75) is 30.9 Å². The second-order valence-electron chi connectivity index (χ2n) is 8.37. The van der Waals surface area contributed by atoms with Crippen LogP contribution in [-0.2, 0) is 9.84 Å². The minimum absolute atomic E-state index is 0.169. The van der Waals surface area contributed by atoms with E-state index in [1.165, 1.54) is 4.52 Å². The molecule has 13 heteroatoms. The van der Waals surface area contributed by atoms with Gasteiger partial charge in [-0.25, -0.2) is 8.42 Å². The fourth-order valence-corrected chi connectivity index (χ4v) is 4.83. The van der Waals surface area contributed by atoms with E-state index in [1.807, 2.05) is 0 Å². The number of anilines is 4. The van der Waals surface area contributed by atoms with E-state index in [1.54, 1.807) is 82.6 Å². The Morgan fingerprint density at radius 3 is 2.54 bits per heavy atom. The Balaban J connectivity index is 1.55. The maximum atomic E-state index is 12.9. The van der Waals surface area contributed by atoms with Gasteiger partial charge in [0.15, 0.2) is 21.3 Å². The number of nitrogens with zero attached hydrogens (tertiary/aromatic N) is 6. The Kier molecular flexibility index (Phi) is 6.21. The molecular weight excluding hydrogens is 496 g/mol. The first-order valence-corrected chi connectivity index (χ1v) is 12.9. The van der Waals surface area contributed by atoms with Crippen LogP contribution >= 0.6 is 0 Å². The molecule has 0 aliphatic rings. The molecule has 0 spiro atoms. The predicted octanol–water partition coefficient (Wildman–Crippen LogP) is 4.16. The third-order valence-corrected chi connectivity index (χ3v) is 7.75. The van der Waals surface area contributed by atoms with Crippen LogP contribution in [0.3, 0.4) is 0 Å². The van der Waals surface area contributed by atoms with Gasteiger partial charge in [0.05, 0.1) is 34.8 Å². The molecular formula is C24H24N8O4S. The van der Waals surface area contributed by atoms with Crippen LogP contribution in [0, 0.1) is 6.92 Å². The number of hydrogen-bond acceptors (Lipinski definition) is 11. The molecule has 190 valence electrons. The Morgan fingerprint density at radius 2 is 1.81 bits per heavy atom. The van der Waals surface area contributed by atoms with E-state index in [-0.39, 0.29) is 16.8 Å². The number of aryl methyl sites for hydroxylation is 1. The maximum Gasteiger partial charge on any atom is 0.257 e. The zero-order chi connectivity index (χ0) is 26.2. The van der Waals surface area contributed by atoms with Gasteiger partial charge in [-0.15, -0.1) is 0 Å². The van der Waals surface area contributed by atoms with Gasteiger partial charge < -0.3 is 19.9 Å². The van der Waals surface area contributed by atoms with Gasteiger partial charge >= 0.3 is 0 Å². The highest BCUT2D eigenvalue weighted by Gasteiger charge is 2.23. The molecule has 5 rings (SSSR count). The van der Waals surface area contributed by atoms with E-state index in [4.69, 9.17) is 9.26 Å². The van der Waals surface area contributed by atoms with Gasteiger partial charge in [0.1, 0.15) is 5.75 Å². The quantitative estimate of drug-likeness (QED) is 0.304. The monoisotopic (exact) mass is 520 g/mol. The molecule has 5 aromatic rings. The van der Waals surface area contributed by atoms with Gasteiger partial charge in [0.2, 0.25) is 11.9 Å². The SMILES string of the molecule is COc1ccc(-c2nc(C)no2)cc1Nc1nc(Nc2ccccc2S(=O)(=O)C(C)C)n2nccc2n1. The van der Waals surface area contributed by atoms with E-state index >= 15 is 0 Å². The topological polar surface area (TPSA) is 149 Å². The Labute approximate surface area is 212 Å². The normalized spacial score (nSPS) is 11.7. The van der Waals surface area contributed by atoms with Crippen molar-refractivity contribution in [3.63, 3.8) is 0 Å². The molecule has 12 nitrogen and oxygen atoms in total. The van der Waals surface area contributed by atoms with Crippen molar-refractivity contribution >= 4 is 38.8 Å². The van der Waals surface area contributed by atoms with Gasteiger partial charge in [-0.1, -0.05) is 17.3 Å². The lowest BCUT2D eigenvalue weighted by molar-refractivity contribution is 0.416. The molecule has 0 saturated heterocycles. The molecule has 3 aromatic heterocycles. The van der Waals surface area contributed by atoms with E-state index in [2.05, 4.69) is 35.8 Å². The van der Waals surface area contributed by atoms with Gasteiger partial charge in [0.25, 0.3) is 5.89 Å². The van der Waals surface area contributed by atoms with Crippen LogP contribution in [0.1, 0.15) is 19.7 Å². The van der Waals surface area contributed by atoms with Gasteiger partial charge in [-0.05, 0) is 51.1 Å². The molecule has 3 heterocycles. The number of ether oxygens (including phenoxy) is 1. The molecule has 2 N–H and O–H groups in total. The van der Waals surface area contributed by atoms with Gasteiger partial charge in [-0.3, -0.25) is 0 Å². The van der Waals surface area contributed by atoms with Crippen molar-refractivity contribution in [3.05, 3.63) is 60.6 Å². The molecule has 0 amide bonds. The largest absolute Gasteiger partial charge is 0.495 e. The third-order valence-electron chi connectivity index (χ3n) is 5.54. The summed E-state index contributed by atoms with van der Waals surface area (Å²) in [6.07, 6.45) is 1.58. The fourth-order valence-electron chi connectivity index (χ4n) is 3.63. The number of sulfone groups is 1. The summed E-state index contributed by atoms with van der Waals surface area (Å²) in [5, 5.41) is 13.8. The number of nitrogens with one attached hydrogen (secondary N) is 2. The van der Waals surface area contributed by atoms with Crippen molar-refractivity contribution in [2.75, 3.05) is 17.7 Å². The van der Waals surface area contributed by atoms with Crippen LogP contribution in [0.2, 0.25) is 0 Å². The first kappa shape index (κ1) is 24.2. The maximum absolute atomic E-state index is 12.9. The lowest BCUT2D eigenvalue weighted by atomic mass is 10.2. The number of rotatable bonds is 8. The number of aromatic nitrogens is 6. The highest BCUT2D eigenvalue weighted by atomic mass is 32.2. The summed E-state index contributed by atoms with van der Waals surface area (Å²) in [6, 6.07) is 13.7. The number of para-hydroxylation sites is 1. The van der Waals surface area contributed by atoms with Crippen LogP contribution in [0.4, 0.5) is 23.3 Å². The van der Waals surface area contributed by atoms with Crippen LogP contribution in [0.5, 0.6) is 5.75 Å². The highest BCUT2D eigenvalue weighted by molar-refractivity contribution is 7.92. The Bertz CT molecular complexity index is 1690. The van der Waals surface area contributed by atoms with E-state index in [0.29, 0.717) is 40.1 Å². The summed E-state index contributed by atoms with van der Waals surface area (Å²) in [5.41, 5.74) is 2.12. The van der Waals surface area contributed by atoms with E-state index in [0.717, 1.165) is 0 Å². The van der Waals surface area contributed by atoms with Crippen LogP contribution in [0.25, 0.3) is 17.1 Å². The smallest absolute Gasteiger partial charge is 0.257 e.